The fraction of sp³-hybridized carbons (Fsp3) is 0.250. The molecule has 2 aromatic rings. The molecule has 0 N–H and O–H groups in total. The number of benzene rings is 2. The van der Waals surface area contributed by atoms with Crippen LogP contribution in [0.1, 0.15) is 11.1 Å². The predicted octanol–water partition coefficient (Wildman–Crippen LogP) is 2.30. The van der Waals surface area contributed by atoms with Crippen molar-refractivity contribution in [3.05, 3.63) is 53.6 Å². The number of oxime groups is 1. The van der Waals surface area contributed by atoms with E-state index in [4.69, 9.17) is 14.3 Å². The Kier molecular flexibility index (Phi) is 4.07. The molecule has 138 valence electrons. The summed E-state index contributed by atoms with van der Waals surface area (Å²) in [6.07, 6.45) is -0.968. The standard InChI is InChI=1S/C20H18N2O5/c1-11-7-9-12(10-8-11)22-19(23)15-16(21-27-18(15)20(22)24)13-5-4-6-14(25-2)17(13)26-3/h4-10,15,18H,1-3H3/t15-,18+/m0/s1. The summed E-state index contributed by atoms with van der Waals surface area (Å²) in [7, 11) is 3.04. The van der Waals surface area contributed by atoms with Gasteiger partial charge in [-0.25, -0.2) is 4.90 Å². The lowest BCUT2D eigenvalue weighted by Crippen LogP contribution is -2.33. The van der Waals surface area contributed by atoms with E-state index in [9.17, 15) is 9.59 Å². The molecule has 1 saturated heterocycles. The summed E-state index contributed by atoms with van der Waals surface area (Å²) in [5.74, 6) is -0.658. The van der Waals surface area contributed by atoms with Crippen LogP contribution in [0.4, 0.5) is 5.69 Å². The van der Waals surface area contributed by atoms with Gasteiger partial charge >= 0.3 is 0 Å². The minimum Gasteiger partial charge on any atom is -0.493 e. The van der Waals surface area contributed by atoms with Crippen molar-refractivity contribution in [2.24, 2.45) is 11.1 Å². The molecule has 2 aliphatic rings. The van der Waals surface area contributed by atoms with E-state index in [1.165, 1.54) is 14.2 Å². The lowest BCUT2D eigenvalue weighted by molar-refractivity contribution is -0.126. The van der Waals surface area contributed by atoms with Crippen LogP contribution in [0.3, 0.4) is 0 Å². The van der Waals surface area contributed by atoms with E-state index in [1.807, 2.05) is 19.1 Å². The molecule has 7 heteroatoms. The highest BCUT2D eigenvalue weighted by Gasteiger charge is 2.56. The molecule has 0 aromatic heterocycles. The summed E-state index contributed by atoms with van der Waals surface area (Å²) >= 11 is 0. The molecule has 0 saturated carbocycles. The summed E-state index contributed by atoms with van der Waals surface area (Å²) < 4.78 is 10.8. The monoisotopic (exact) mass is 366 g/mol. The number of carbonyl (C=O) groups is 2. The number of imide groups is 1. The first kappa shape index (κ1) is 17.1. The second kappa shape index (κ2) is 6.42. The van der Waals surface area contributed by atoms with Gasteiger partial charge in [-0.05, 0) is 31.2 Å². The van der Waals surface area contributed by atoms with Crippen molar-refractivity contribution < 1.29 is 23.9 Å². The Morgan fingerprint density at radius 2 is 1.74 bits per heavy atom. The zero-order chi connectivity index (χ0) is 19.1. The van der Waals surface area contributed by atoms with Crippen molar-refractivity contribution in [3.8, 4) is 11.5 Å². The average molecular weight is 366 g/mol. The zero-order valence-corrected chi connectivity index (χ0v) is 15.1. The number of carbonyl (C=O) groups excluding carboxylic acids is 2. The van der Waals surface area contributed by atoms with E-state index < -0.39 is 17.9 Å². The maximum Gasteiger partial charge on any atom is 0.278 e. The van der Waals surface area contributed by atoms with E-state index in [1.54, 1.807) is 30.3 Å². The van der Waals surface area contributed by atoms with Crippen LogP contribution in [-0.4, -0.2) is 37.8 Å². The Hall–Kier alpha value is -3.35. The number of hydrogen-bond donors (Lipinski definition) is 0. The van der Waals surface area contributed by atoms with Crippen LogP contribution in [0.2, 0.25) is 0 Å². The first-order valence-corrected chi connectivity index (χ1v) is 8.46. The Labute approximate surface area is 156 Å². The molecule has 2 amide bonds. The van der Waals surface area contributed by atoms with Crippen LogP contribution in [0.25, 0.3) is 0 Å². The molecule has 2 aromatic carbocycles. The summed E-state index contributed by atoms with van der Waals surface area (Å²) in [5, 5.41) is 4.03. The van der Waals surface area contributed by atoms with Gasteiger partial charge in [0.1, 0.15) is 11.6 Å². The van der Waals surface area contributed by atoms with Crippen molar-refractivity contribution in [1.29, 1.82) is 0 Å². The van der Waals surface area contributed by atoms with Gasteiger partial charge in [0.2, 0.25) is 12.0 Å². The lowest BCUT2D eigenvalue weighted by Gasteiger charge is -2.16. The second-order valence-corrected chi connectivity index (χ2v) is 6.37. The van der Waals surface area contributed by atoms with Crippen LogP contribution in [0.5, 0.6) is 11.5 Å². The van der Waals surface area contributed by atoms with Gasteiger partial charge in [-0.1, -0.05) is 28.9 Å². The van der Waals surface area contributed by atoms with Crippen LogP contribution >= 0.6 is 0 Å². The summed E-state index contributed by atoms with van der Waals surface area (Å²) in [6.45, 7) is 1.94. The molecule has 0 radical (unpaired) electrons. The maximum atomic E-state index is 13.1. The quantitative estimate of drug-likeness (QED) is 0.776. The Morgan fingerprint density at radius 1 is 1.00 bits per heavy atom. The van der Waals surface area contributed by atoms with E-state index >= 15 is 0 Å². The Bertz CT molecular complexity index is 951. The van der Waals surface area contributed by atoms with Crippen molar-refractivity contribution >= 4 is 23.2 Å². The third-order valence-electron chi connectivity index (χ3n) is 4.78. The smallest absolute Gasteiger partial charge is 0.278 e. The maximum absolute atomic E-state index is 13.1. The first-order chi connectivity index (χ1) is 13.1. The minimum atomic E-state index is -0.968. The number of amides is 2. The topological polar surface area (TPSA) is 77.4 Å². The fourth-order valence-electron chi connectivity index (χ4n) is 3.44. The molecule has 0 spiro atoms. The molecule has 2 atom stereocenters. The van der Waals surface area contributed by atoms with Crippen molar-refractivity contribution in [2.75, 3.05) is 19.1 Å². The van der Waals surface area contributed by atoms with Gasteiger partial charge in [0.25, 0.3) is 5.91 Å². The number of anilines is 1. The Morgan fingerprint density at radius 3 is 2.41 bits per heavy atom. The summed E-state index contributed by atoms with van der Waals surface area (Å²) in [4.78, 5) is 32.4. The van der Waals surface area contributed by atoms with Crippen LogP contribution in [0.15, 0.2) is 47.6 Å². The largest absolute Gasteiger partial charge is 0.493 e. The third kappa shape index (κ3) is 2.54. The number of aryl methyl sites for hydroxylation is 1. The number of nitrogens with zero attached hydrogens (tertiary/aromatic N) is 2. The van der Waals surface area contributed by atoms with Crippen LogP contribution in [0, 0.1) is 12.8 Å². The third-order valence-corrected chi connectivity index (χ3v) is 4.78. The van der Waals surface area contributed by atoms with Crippen LogP contribution in [-0.2, 0) is 14.4 Å². The lowest BCUT2D eigenvalue weighted by atomic mass is 9.93. The molecule has 2 aliphatic heterocycles. The van der Waals surface area contributed by atoms with Gasteiger partial charge in [0, 0.05) is 5.56 Å². The number of para-hydroxylation sites is 1. The van der Waals surface area contributed by atoms with Crippen molar-refractivity contribution in [2.45, 2.75) is 13.0 Å². The normalized spacial score (nSPS) is 21.0. The zero-order valence-electron chi connectivity index (χ0n) is 15.1. The predicted molar refractivity (Wildman–Crippen MR) is 98.1 cm³/mol. The van der Waals surface area contributed by atoms with Gasteiger partial charge in [-0.3, -0.25) is 9.59 Å². The molecule has 0 aliphatic carbocycles. The van der Waals surface area contributed by atoms with Gasteiger partial charge < -0.3 is 14.3 Å². The van der Waals surface area contributed by atoms with Gasteiger partial charge in [0.05, 0.1) is 19.9 Å². The fourth-order valence-corrected chi connectivity index (χ4v) is 3.44. The van der Waals surface area contributed by atoms with Crippen LogP contribution < -0.4 is 14.4 Å². The minimum absolute atomic E-state index is 0.365. The highest BCUT2D eigenvalue weighted by molar-refractivity contribution is 6.32. The second-order valence-electron chi connectivity index (χ2n) is 6.37. The number of rotatable bonds is 4. The number of fused-ring (bicyclic) bond motifs is 1. The van der Waals surface area contributed by atoms with Gasteiger partial charge in [-0.2, -0.15) is 0 Å². The van der Waals surface area contributed by atoms with Crippen molar-refractivity contribution in [1.82, 2.24) is 0 Å². The summed E-state index contributed by atoms with van der Waals surface area (Å²) in [5.41, 5.74) is 2.49. The summed E-state index contributed by atoms with van der Waals surface area (Å²) in [6, 6.07) is 12.5. The molecular weight excluding hydrogens is 348 g/mol. The van der Waals surface area contributed by atoms with Gasteiger partial charge in [0.15, 0.2) is 11.5 Å². The van der Waals surface area contributed by atoms with E-state index in [0.29, 0.717) is 28.5 Å². The van der Waals surface area contributed by atoms with E-state index in [-0.39, 0.29) is 5.91 Å². The molecule has 2 heterocycles. The first-order valence-electron chi connectivity index (χ1n) is 8.46. The number of hydrogen-bond acceptors (Lipinski definition) is 6. The molecule has 0 unspecified atom stereocenters. The molecule has 1 fully saturated rings. The highest BCUT2D eigenvalue weighted by Crippen LogP contribution is 2.39. The molecule has 27 heavy (non-hydrogen) atoms. The van der Waals surface area contributed by atoms with Gasteiger partial charge in [-0.15, -0.1) is 0 Å². The molecule has 7 nitrogen and oxygen atoms in total. The van der Waals surface area contributed by atoms with E-state index in [2.05, 4.69) is 5.16 Å². The number of ether oxygens (including phenoxy) is 2. The van der Waals surface area contributed by atoms with E-state index in [0.717, 1.165) is 10.5 Å². The number of methoxy groups -OCH3 is 2. The Balaban J connectivity index is 1.74. The SMILES string of the molecule is COc1cccc(C2=NO[C@H]3C(=O)N(c4ccc(C)cc4)C(=O)[C@@H]23)c1OC. The highest BCUT2D eigenvalue weighted by atomic mass is 16.7. The van der Waals surface area contributed by atoms with Crippen molar-refractivity contribution in [3.63, 3.8) is 0 Å². The average Bonchev–Trinajstić information content (AvgIpc) is 3.22. The molecular formula is C20H18N2O5. The molecule has 4 rings (SSSR count). The molecule has 0 bridgehead atoms.